The standard InChI is InChI=1S/C12H15N3O2S2/c1-3-15-10(7-9-5-4-6-18-9)13-14-12(15)19-8-11(16)17-2/h4-6H,3,7-8H2,1-2H3. The number of carbonyl (C=O) groups is 1. The van der Waals surface area contributed by atoms with Crippen LogP contribution in [0.25, 0.3) is 0 Å². The van der Waals surface area contributed by atoms with Gasteiger partial charge in [0.05, 0.1) is 12.9 Å². The van der Waals surface area contributed by atoms with Gasteiger partial charge >= 0.3 is 5.97 Å². The molecule has 0 unspecified atom stereocenters. The molecule has 0 spiro atoms. The Balaban J connectivity index is 2.09. The number of methoxy groups -OCH3 is 1. The number of hydrogen-bond donors (Lipinski definition) is 0. The molecular formula is C12H15N3O2S2. The lowest BCUT2D eigenvalue weighted by Crippen LogP contribution is -2.07. The quantitative estimate of drug-likeness (QED) is 0.604. The van der Waals surface area contributed by atoms with Crippen molar-refractivity contribution >= 4 is 29.1 Å². The Morgan fingerprint density at radius 1 is 1.53 bits per heavy atom. The Morgan fingerprint density at radius 3 is 3.00 bits per heavy atom. The molecule has 0 amide bonds. The van der Waals surface area contributed by atoms with Crippen LogP contribution < -0.4 is 0 Å². The summed E-state index contributed by atoms with van der Waals surface area (Å²) in [5.74, 6) is 0.931. The van der Waals surface area contributed by atoms with Crippen molar-refractivity contribution in [2.45, 2.75) is 25.0 Å². The first kappa shape index (κ1) is 14.1. The normalized spacial score (nSPS) is 10.6. The van der Waals surface area contributed by atoms with Crippen molar-refractivity contribution in [3.8, 4) is 0 Å². The van der Waals surface area contributed by atoms with Gasteiger partial charge in [-0.3, -0.25) is 4.79 Å². The summed E-state index contributed by atoms with van der Waals surface area (Å²) in [6, 6.07) is 4.11. The molecule has 7 heteroatoms. The van der Waals surface area contributed by atoms with Gasteiger partial charge in [0, 0.05) is 17.8 Å². The SMILES string of the molecule is CCn1c(Cc2cccs2)nnc1SCC(=O)OC. The smallest absolute Gasteiger partial charge is 0.316 e. The van der Waals surface area contributed by atoms with Crippen LogP contribution in [0.2, 0.25) is 0 Å². The number of nitrogens with zero attached hydrogens (tertiary/aromatic N) is 3. The molecule has 2 heterocycles. The Hall–Kier alpha value is -1.34. The Kier molecular flexibility index (Phi) is 4.98. The molecule has 0 radical (unpaired) electrons. The number of aromatic nitrogens is 3. The van der Waals surface area contributed by atoms with Crippen LogP contribution in [0.1, 0.15) is 17.6 Å². The molecule has 0 N–H and O–H groups in total. The zero-order valence-electron chi connectivity index (χ0n) is 10.8. The van der Waals surface area contributed by atoms with E-state index in [1.54, 1.807) is 11.3 Å². The number of thiophene rings is 1. The molecule has 19 heavy (non-hydrogen) atoms. The predicted molar refractivity (Wildman–Crippen MR) is 75.6 cm³/mol. The fraction of sp³-hybridized carbons (Fsp3) is 0.417. The second-order valence-corrected chi connectivity index (χ2v) is 5.74. The molecule has 0 saturated heterocycles. The lowest BCUT2D eigenvalue weighted by molar-refractivity contribution is -0.137. The van der Waals surface area contributed by atoms with Crippen LogP contribution in [0.5, 0.6) is 0 Å². The third kappa shape index (κ3) is 3.57. The summed E-state index contributed by atoms with van der Waals surface area (Å²) in [6.07, 6.45) is 0.775. The van der Waals surface area contributed by atoms with Crippen LogP contribution in [-0.4, -0.2) is 33.6 Å². The number of rotatable bonds is 6. The molecule has 0 aromatic carbocycles. The molecule has 2 aromatic heterocycles. The van der Waals surface area contributed by atoms with E-state index in [4.69, 9.17) is 0 Å². The van der Waals surface area contributed by atoms with Crippen molar-refractivity contribution in [3.63, 3.8) is 0 Å². The highest BCUT2D eigenvalue weighted by Gasteiger charge is 2.13. The molecular weight excluding hydrogens is 282 g/mol. The summed E-state index contributed by atoms with van der Waals surface area (Å²) in [6.45, 7) is 2.83. The summed E-state index contributed by atoms with van der Waals surface area (Å²) >= 11 is 3.06. The minimum absolute atomic E-state index is 0.254. The lowest BCUT2D eigenvalue weighted by Gasteiger charge is -2.05. The van der Waals surface area contributed by atoms with Gasteiger partial charge in [0.2, 0.25) is 0 Å². The number of hydrogen-bond acceptors (Lipinski definition) is 6. The predicted octanol–water partition coefficient (Wildman–Crippen LogP) is 2.22. The minimum Gasteiger partial charge on any atom is -0.468 e. The molecule has 5 nitrogen and oxygen atoms in total. The monoisotopic (exact) mass is 297 g/mol. The van der Waals surface area contributed by atoms with E-state index in [0.717, 1.165) is 23.9 Å². The molecule has 0 bridgehead atoms. The molecule has 0 atom stereocenters. The fourth-order valence-corrected chi connectivity index (χ4v) is 3.18. The third-order valence-electron chi connectivity index (χ3n) is 2.57. The van der Waals surface area contributed by atoms with Gasteiger partial charge in [-0.1, -0.05) is 17.8 Å². The Bertz CT molecular complexity index is 537. The van der Waals surface area contributed by atoms with Gasteiger partial charge in [0.25, 0.3) is 0 Å². The van der Waals surface area contributed by atoms with Crippen LogP contribution in [0.15, 0.2) is 22.7 Å². The Morgan fingerprint density at radius 2 is 2.37 bits per heavy atom. The number of carbonyl (C=O) groups excluding carboxylic acids is 1. The van der Waals surface area contributed by atoms with Gasteiger partial charge in [-0.15, -0.1) is 21.5 Å². The average Bonchev–Trinajstić information content (AvgIpc) is 3.06. The van der Waals surface area contributed by atoms with Gasteiger partial charge in [-0.05, 0) is 18.4 Å². The van der Waals surface area contributed by atoms with E-state index in [1.165, 1.54) is 23.7 Å². The summed E-state index contributed by atoms with van der Waals surface area (Å²) in [5, 5.41) is 11.2. The van der Waals surface area contributed by atoms with E-state index < -0.39 is 0 Å². The largest absolute Gasteiger partial charge is 0.468 e. The summed E-state index contributed by atoms with van der Waals surface area (Å²) in [5.41, 5.74) is 0. The molecule has 102 valence electrons. The summed E-state index contributed by atoms with van der Waals surface area (Å²) < 4.78 is 6.66. The highest BCUT2D eigenvalue weighted by atomic mass is 32.2. The first-order valence-corrected chi connectivity index (χ1v) is 7.75. The van der Waals surface area contributed by atoms with E-state index in [-0.39, 0.29) is 11.7 Å². The fourth-order valence-electron chi connectivity index (χ4n) is 1.63. The van der Waals surface area contributed by atoms with Crippen molar-refractivity contribution in [2.75, 3.05) is 12.9 Å². The molecule has 0 aliphatic rings. The molecule has 0 aliphatic heterocycles. The summed E-state index contributed by atoms with van der Waals surface area (Å²) in [7, 11) is 1.38. The van der Waals surface area contributed by atoms with E-state index in [1.807, 2.05) is 17.6 Å². The van der Waals surface area contributed by atoms with Gasteiger partial charge in [-0.2, -0.15) is 0 Å². The maximum Gasteiger partial charge on any atom is 0.316 e. The highest BCUT2D eigenvalue weighted by molar-refractivity contribution is 7.99. The van der Waals surface area contributed by atoms with Crippen molar-refractivity contribution in [1.29, 1.82) is 0 Å². The Labute approximate surface area is 120 Å². The van der Waals surface area contributed by atoms with Crippen LogP contribution in [0.3, 0.4) is 0 Å². The number of thioether (sulfide) groups is 1. The number of ether oxygens (including phenoxy) is 1. The zero-order chi connectivity index (χ0) is 13.7. The van der Waals surface area contributed by atoms with Crippen LogP contribution in [-0.2, 0) is 22.5 Å². The zero-order valence-corrected chi connectivity index (χ0v) is 12.5. The maximum atomic E-state index is 11.1. The van der Waals surface area contributed by atoms with Gasteiger partial charge in [-0.25, -0.2) is 0 Å². The van der Waals surface area contributed by atoms with E-state index in [9.17, 15) is 4.79 Å². The topological polar surface area (TPSA) is 57.0 Å². The molecule has 0 saturated carbocycles. The van der Waals surface area contributed by atoms with Gasteiger partial charge < -0.3 is 9.30 Å². The van der Waals surface area contributed by atoms with E-state index >= 15 is 0 Å². The second kappa shape index (κ2) is 6.72. The van der Waals surface area contributed by atoms with Gasteiger partial charge in [0.15, 0.2) is 5.16 Å². The summed E-state index contributed by atoms with van der Waals surface area (Å²) in [4.78, 5) is 12.4. The van der Waals surface area contributed by atoms with Crippen LogP contribution in [0, 0.1) is 0 Å². The van der Waals surface area contributed by atoms with Crippen molar-refractivity contribution in [2.24, 2.45) is 0 Å². The molecule has 2 aromatic rings. The molecule has 0 aliphatic carbocycles. The first-order valence-electron chi connectivity index (χ1n) is 5.88. The molecule has 0 fully saturated rings. The number of esters is 1. The van der Waals surface area contributed by atoms with Crippen molar-refractivity contribution < 1.29 is 9.53 Å². The lowest BCUT2D eigenvalue weighted by atomic mass is 10.3. The molecule has 2 rings (SSSR count). The third-order valence-corrected chi connectivity index (χ3v) is 4.39. The van der Waals surface area contributed by atoms with E-state index in [2.05, 4.69) is 26.4 Å². The second-order valence-electron chi connectivity index (χ2n) is 3.76. The van der Waals surface area contributed by atoms with Gasteiger partial charge in [0.1, 0.15) is 5.82 Å². The highest BCUT2D eigenvalue weighted by Crippen LogP contribution is 2.20. The average molecular weight is 297 g/mol. The van der Waals surface area contributed by atoms with E-state index in [0.29, 0.717) is 0 Å². The first-order chi connectivity index (χ1) is 9.24. The minimum atomic E-state index is -0.254. The van der Waals surface area contributed by atoms with Crippen LogP contribution in [0.4, 0.5) is 0 Å². The van der Waals surface area contributed by atoms with Crippen molar-refractivity contribution in [3.05, 3.63) is 28.2 Å². The van der Waals surface area contributed by atoms with Crippen LogP contribution >= 0.6 is 23.1 Å². The maximum absolute atomic E-state index is 11.1. The van der Waals surface area contributed by atoms with Crippen molar-refractivity contribution in [1.82, 2.24) is 14.8 Å².